The lowest BCUT2D eigenvalue weighted by molar-refractivity contribution is -0.109. The lowest BCUT2D eigenvalue weighted by Gasteiger charge is -1.93. The molecule has 0 amide bonds. The molecule has 15 heavy (non-hydrogen) atoms. The second-order valence-corrected chi connectivity index (χ2v) is 3.23. The van der Waals surface area contributed by atoms with Gasteiger partial charge in [-0.2, -0.15) is 0 Å². The Balaban J connectivity index is -0.000000180. The maximum absolute atomic E-state index is 9.73. The van der Waals surface area contributed by atoms with E-state index in [2.05, 4.69) is 13.2 Å². The minimum atomic E-state index is 0. The van der Waals surface area contributed by atoms with Crippen molar-refractivity contribution in [3.8, 4) is 0 Å². The van der Waals surface area contributed by atoms with Gasteiger partial charge >= 0.3 is 0 Å². The zero-order valence-electron chi connectivity index (χ0n) is 9.11. The van der Waals surface area contributed by atoms with Crippen LogP contribution in [0.4, 0.5) is 0 Å². The summed E-state index contributed by atoms with van der Waals surface area (Å²) < 4.78 is 0. The van der Waals surface area contributed by atoms with Crippen molar-refractivity contribution in [2.75, 3.05) is 0 Å². The molecule has 0 N–H and O–H groups in total. The van der Waals surface area contributed by atoms with Crippen LogP contribution in [0.1, 0.15) is 34.1 Å². The van der Waals surface area contributed by atoms with Crippen LogP contribution in [0.3, 0.4) is 0 Å². The van der Waals surface area contributed by atoms with Gasteiger partial charge in [-0.05, 0) is 11.8 Å². The predicted molar refractivity (Wildman–Crippen MR) is 66.8 cm³/mol. The first-order valence-corrected chi connectivity index (χ1v) is 4.74. The summed E-state index contributed by atoms with van der Waals surface area (Å²) in [6, 6.07) is 0. The largest absolute Gasteiger partial charge is 0.303 e. The van der Waals surface area contributed by atoms with Gasteiger partial charge in [-0.1, -0.05) is 33.4 Å². The molecule has 0 bridgehead atoms. The average Bonchev–Trinajstić information content (AvgIpc) is 2.19. The van der Waals surface area contributed by atoms with Gasteiger partial charge in [0.1, 0.15) is 12.6 Å². The fourth-order valence-corrected chi connectivity index (χ4v) is 0.496. The maximum Gasteiger partial charge on any atom is 0.120 e. The third-order valence-electron chi connectivity index (χ3n) is 1.74. The maximum atomic E-state index is 9.73. The van der Waals surface area contributed by atoms with Crippen LogP contribution in [-0.2, 0) is 9.59 Å². The lowest BCUT2D eigenvalue weighted by atomic mass is 10.1. The molecule has 0 radical (unpaired) electrons. The molecule has 0 aliphatic rings. The molecule has 88 valence electrons. The third kappa shape index (κ3) is 19.3. The van der Waals surface area contributed by atoms with Crippen LogP contribution in [0, 0.1) is 11.8 Å². The van der Waals surface area contributed by atoms with Gasteiger partial charge < -0.3 is 9.59 Å². The normalized spacial score (nSPS) is 11.9. The Labute approximate surface area is 94.1 Å². The fraction of sp³-hybridized carbons (Fsp3) is 0.538. The Morgan fingerprint density at radius 2 is 1.20 bits per heavy atom. The van der Waals surface area contributed by atoms with Gasteiger partial charge in [-0.3, -0.25) is 0 Å². The smallest absolute Gasteiger partial charge is 0.120 e. The highest BCUT2D eigenvalue weighted by Gasteiger charge is 1.90. The SMILES string of the molecule is C.C=C[C@@H](C)CC=O.C=C[C@H](C)CC=O. The number of allylic oxidation sites excluding steroid dienone is 2. The number of hydrogen-bond acceptors (Lipinski definition) is 2. The van der Waals surface area contributed by atoms with Gasteiger partial charge in [0.15, 0.2) is 0 Å². The van der Waals surface area contributed by atoms with E-state index >= 15 is 0 Å². The monoisotopic (exact) mass is 212 g/mol. The van der Waals surface area contributed by atoms with Crippen LogP contribution in [0.2, 0.25) is 0 Å². The zero-order valence-corrected chi connectivity index (χ0v) is 9.11. The van der Waals surface area contributed by atoms with E-state index in [0.29, 0.717) is 24.7 Å². The Bertz CT molecular complexity index is 153. The molecule has 0 saturated carbocycles. The second-order valence-electron chi connectivity index (χ2n) is 3.23. The van der Waals surface area contributed by atoms with E-state index in [1.54, 1.807) is 12.2 Å². The van der Waals surface area contributed by atoms with E-state index in [1.165, 1.54) is 0 Å². The Hall–Kier alpha value is -1.18. The van der Waals surface area contributed by atoms with Gasteiger partial charge in [-0.25, -0.2) is 0 Å². The van der Waals surface area contributed by atoms with Gasteiger partial charge in [0.25, 0.3) is 0 Å². The van der Waals surface area contributed by atoms with Crippen LogP contribution < -0.4 is 0 Å². The molecule has 0 aromatic rings. The molecule has 0 aliphatic carbocycles. The van der Waals surface area contributed by atoms with Crippen molar-refractivity contribution in [1.29, 1.82) is 0 Å². The number of carbonyl (C=O) groups is 2. The fourth-order valence-electron chi connectivity index (χ4n) is 0.496. The highest BCUT2D eigenvalue weighted by molar-refractivity contribution is 5.50. The van der Waals surface area contributed by atoms with E-state index < -0.39 is 0 Å². The summed E-state index contributed by atoms with van der Waals surface area (Å²) in [6.45, 7) is 11.0. The highest BCUT2D eigenvalue weighted by Crippen LogP contribution is 1.97. The molecule has 2 atom stereocenters. The minimum absolute atomic E-state index is 0. The van der Waals surface area contributed by atoms with Crippen molar-refractivity contribution in [3.63, 3.8) is 0 Å². The summed E-state index contributed by atoms with van der Waals surface area (Å²) in [5, 5.41) is 0. The predicted octanol–water partition coefficient (Wildman–Crippen LogP) is 3.43. The van der Waals surface area contributed by atoms with Gasteiger partial charge in [0.05, 0.1) is 0 Å². The summed E-state index contributed by atoms with van der Waals surface area (Å²) in [6.07, 6.45) is 6.56. The van der Waals surface area contributed by atoms with Crippen LogP contribution >= 0.6 is 0 Å². The van der Waals surface area contributed by atoms with E-state index in [4.69, 9.17) is 0 Å². The first-order chi connectivity index (χ1) is 6.62. The molecule has 0 spiro atoms. The first-order valence-electron chi connectivity index (χ1n) is 4.74. The number of hydrogen-bond donors (Lipinski definition) is 0. The summed E-state index contributed by atoms with van der Waals surface area (Å²) in [5.74, 6) is 0.690. The summed E-state index contributed by atoms with van der Waals surface area (Å²) >= 11 is 0. The van der Waals surface area contributed by atoms with Crippen LogP contribution in [0.15, 0.2) is 25.3 Å². The van der Waals surface area contributed by atoms with Gasteiger partial charge in [0, 0.05) is 12.8 Å². The topological polar surface area (TPSA) is 34.1 Å². The van der Waals surface area contributed by atoms with Crippen LogP contribution in [0.5, 0.6) is 0 Å². The number of aldehydes is 2. The lowest BCUT2D eigenvalue weighted by Crippen LogP contribution is -1.87. The first kappa shape index (κ1) is 19.4. The standard InChI is InChI=1S/2C6H10O.CH4/c2*1-3-6(2)4-5-7;/h2*3,5-6H,1,4H2,2H3;1H4/t2*6-;/m10./s1. The summed E-state index contributed by atoms with van der Waals surface area (Å²) in [5.41, 5.74) is 0. The van der Waals surface area contributed by atoms with E-state index in [1.807, 2.05) is 13.8 Å². The van der Waals surface area contributed by atoms with Crippen molar-refractivity contribution >= 4 is 12.6 Å². The molecule has 0 aromatic carbocycles. The van der Waals surface area contributed by atoms with E-state index in [-0.39, 0.29) is 7.43 Å². The molecule has 0 fully saturated rings. The average molecular weight is 212 g/mol. The molecule has 0 rings (SSSR count). The Morgan fingerprint density at radius 1 is 0.933 bits per heavy atom. The second kappa shape index (κ2) is 15.3. The molecule has 2 nitrogen and oxygen atoms in total. The Kier molecular flexibility index (Phi) is 19.8. The summed E-state index contributed by atoms with van der Waals surface area (Å²) in [4.78, 5) is 19.5. The summed E-state index contributed by atoms with van der Waals surface area (Å²) in [7, 11) is 0. The molecule has 0 saturated heterocycles. The van der Waals surface area contributed by atoms with Crippen molar-refractivity contribution in [2.24, 2.45) is 11.8 Å². The van der Waals surface area contributed by atoms with Crippen LogP contribution in [-0.4, -0.2) is 12.6 Å². The molecule has 0 aromatic heterocycles. The van der Waals surface area contributed by atoms with E-state index in [9.17, 15) is 9.59 Å². The molecule has 0 aliphatic heterocycles. The van der Waals surface area contributed by atoms with Crippen molar-refractivity contribution in [3.05, 3.63) is 25.3 Å². The minimum Gasteiger partial charge on any atom is -0.303 e. The third-order valence-corrected chi connectivity index (χ3v) is 1.74. The molecule has 0 unspecified atom stereocenters. The van der Waals surface area contributed by atoms with Crippen molar-refractivity contribution in [2.45, 2.75) is 34.1 Å². The molecular weight excluding hydrogens is 188 g/mol. The number of rotatable bonds is 6. The number of carbonyl (C=O) groups excluding carboxylic acids is 2. The molecule has 0 heterocycles. The Morgan fingerprint density at radius 3 is 1.27 bits per heavy atom. The molecular formula is C13H24O2. The van der Waals surface area contributed by atoms with Crippen molar-refractivity contribution in [1.82, 2.24) is 0 Å². The van der Waals surface area contributed by atoms with E-state index in [0.717, 1.165) is 12.6 Å². The van der Waals surface area contributed by atoms with Crippen molar-refractivity contribution < 1.29 is 9.59 Å². The van der Waals surface area contributed by atoms with Gasteiger partial charge in [0.2, 0.25) is 0 Å². The van der Waals surface area contributed by atoms with Gasteiger partial charge in [-0.15, -0.1) is 13.2 Å². The highest BCUT2D eigenvalue weighted by atomic mass is 16.1. The van der Waals surface area contributed by atoms with Crippen LogP contribution in [0.25, 0.3) is 0 Å². The quantitative estimate of drug-likeness (QED) is 0.499. The molecule has 2 heteroatoms. The zero-order chi connectivity index (χ0) is 11.4.